The van der Waals surface area contributed by atoms with Gasteiger partial charge in [0.05, 0.1) is 33.3 Å². The molecule has 1 saturated heterocycles. The quantitative estimate of drug-likeness (QED) is 0.813. The largest absolute Gasteiger partial charge is 0.494 e. The standard InChI is InChI=1S/C16H20ClN5O3/c1-24-13-3-2-11(17)8-12(13)22-16(10-21-4-6-25-7-5-21)19-15(20-22)9-14(18)23/h2-3,8H,4-7,9-10H2,1H3,(H2,18,23). The fourth-order valence-electron chi connectivity index (χ4n) is 2.71. The van der Waals surface area contributed by atoms with Gasteiger partial charge in [0.1, 0.15) is 17.3 Å². The number of benzene rings is 1. The predicted octanol–water partition coefficient (Wildman–Crippen LogP) is 0.789. The first-order valence-electron chi connectivity index (χ1n) is 7.94. The number of nitrogens with zero attached hydrogens (tertiary/aromatic N) is 4. The summed E-state index contributed by atoms with van der Waals surface area (Å²) in [5, 5.41) is 5.00. The number of rotatable bonds is 6. The lowest BCUT2D eigenvalue weighted by molar-refractivity contribution is -0.117. The molecule has 2 aromatic rings. The van der Waals surface area contributed by atoms with Crippen LogP contribution in [0.5, 0.6) is 5.75 Å². The van der Waals surface area contributed by atoms with E-state index in [-0.39, 0.29) is 6.42 Å². The van der Waals surface area contributed by atoms with Crippen molar-refractivity contribution in [2.45, 2.75) is 13.0 Å². The Balaban J connectivity index is 1.99. The molecular weight excluding hydrogens is 346 g/mol. The molecule has 0 saturated carbocycles. The van der Waals surface area contributed by atoms with Crippen molar-refractivity contribution in [3.05, 3.63) is 34.9 Å². The first kappa shape index (κ1) is 17.7. The van der Waals surface area contributed by atoms with Crippen molar-refractivity contribution in [3.8, 4) is 11.4 Å². The minimum Gasteiger partial charge on any atom is -0.494 e. The molecule has 0 unspecified atom stereocenters. The van der Waals surface area contributed by atoms with Gasteiger partial charge in [-0.15, -0.1) is 0 Å². The second-order valence-electron chi connectivity index (χ2n) is 5.70. The van der Waals surface area contributed by atoms with E-state index in [9.17, 15) is 4.79 Å². The molecule has 3 rings (SSSR count). The van der Waals surface area contributed by atoms with Gasteiger partial charge in [0.25, 0.3) is 0 Å². The summed E-state index contributed by atoms with van der Waals surface area (Å²) in [5.41, 5.74) is 5.95. The lowest BCUT2D eigenvalue weighted by Gasteiger charge is -2.26. The molecule has 0 aliphatic carbocycles. The Kier molecular flexibility index (Phi) is 5.52. The number of halogens is 1. The van der Waals surface area contributed by atoms with Crippen LogP contribution in [0.25, 0.3) is 5.69 Å². The maximum absolute atomic E-state index is 11.3. The van der Waals surface area contributed by atoms with Crippen LogP contribution >= 0.6 is 11.6 Å². The fourth-order valence-corrected chi connectivity index (χ4v) is 2.87. The minimum absolute atomic E-state index is 0.0218. The van der Waals surface area contributed by atoms with Gasteiger partial charge in [0.2, 0.25) is 5.91 Å². The molecule has 0 atom stereocenters. The molecule has 1 amide bonds. The van der Waals surface area contributed by atoms with E-state index in [2.05, 4.69) is 15.0 Å². The highest BCUT2D eigenvalue weighted by Gasteiger charge is 2.20. The summed E-state index contributed by atoms with van der Waals surface area (Å²) in [6.45, 7) is 3.56. The Labute approximate surface area is 150 Å². The van der Waals surface area contributed by atoms with Crippen molar-refractivity contribution in [2.75, 3.05) is 33.4 Å². The number of primary amides is 1. The van der Waals surface area contributed by atoms with Gasteiger partial charge in [-0.1, -0.05) is 11.6 Å². The van der Waals surface area contributed by atoms with Gasteiger partial charge < -0.3 is 15.2 Å². The van der Waals surface area contributed by atoms with Crippen LogP contribution in [0.4, 0.5) is 0 Å². The van der Waals surface area contributed by atoms with Crippen LogP contribution in [0.2, 0.25) is 5.02 Å². The molecular formula is C16H20ClN5O3. The Bertz CT molecular complexity index is 758. The highest BCUT2D eigenvalue weighted by atomic mass is 35.5. The molecule has 9 heteroatoms. The maximum Gasteiger partial charge on any atom is 0.225 e. The van der Waals surface area contributed by atoms with E-state index in [0.29, 0.717) is 47.9 Å². The van der Waals surface area contributed by atoms with Gasteiger partial charge in [-0.3, -0.25) is 9.69 Å². The fraction of sp³-hybridized carbons (Fsp3) is 0.438. The van der Waals surface area contributed by atoms with Crippen molar-refractivity contribution in [1.29, 1.82) is 0 Å². The van der Waals surface area contributed by atoms with E-state index < -0.39 is 5.91 Å². The summed E-state index contributed by atoms with van der Waals surface area (Å²) in [6, 6.07) is 5.27. The lowest BCUT2D eigenvalue weighted by atomic mass is 10.3. The summed E-state index contributed by atoms with van der Waals surface area (Å²) in [5.74, 6) is 1.20. The Morgan fingerprint density at radius 1 is 1.40 bits per heavy atom. The summed E-state index contributed by atoms with van der Waals surface area (Å²) in [6.07, 6.45) is -0.0218. The summed E-state index contributed by atoms with van der Waals surface area (Å²) in [4.78, 5) is 18.0. The first-order valence-corrected chi connectivity index (χ1v) is 8.31. The van der Waals surface area contributed by atoms with Gasteiger partial charge in [-0.25, -0.2) is 9.67 Å². The van der Waals surface area contributed by atoms with Crippen LogP contribution in [-0.2, 0) is 22.5 Å². The van der Waals surface area contributed by atoms with E-state index in [4.69, 9.17) is 26.8 Å². The average Bonchev–Trinajstić information content (AvgIpc) is 2.97. The molecule has 0 radical (unpaired) electrons. The number of hydrogen-bond donors (Lipinski definition) is 1. The molecule has 2 N–H and O–H groups in total. The van der Waals surface area contributed by atoms with Crippen LogP contribution in [0.15, 0.2) is 18.2 Å². The van der Waals surface area contributed by atoms with Crippen LogP contribution in [0, 0.1) is 0 Å². The normalized spacial score (nSPS) is 15.3. The topological polar surface area (TPSA) is 95.5 Å². The molecule has 0 bridgehead atoms. The van der Waals surface area contributed by atoms with Crippen molar-refractivity contribution in [2.24, 2.45) is 5.73 Å². The van der Waals surface area contributed by atoms with E-state index >= 15 is 0 Å². The van der Waals surface area contributed by atoms with Crippen molar-refractivity contribution in [1.82, 2.24) is 19.7 Å². The second-order valence-corrected chi connectivity index (χ2v) is 6.14. The first-order chi connectivity index (χ1) is 12.1. The third kappa shape index (κ3) is 4.28. The zero-order valence-electron chi connectivity index (χ0n) is 13.9. The molecule has 1 aromatic heterocycles. The van der Waals surface area contributed by atoms with Crippen LogP contribution in [0.3, 0.4) is 0 Å². The summed E-state index contributed by atoms with van der Waals surface area (Å²) in [7, 11) is 1.58. The molecule has 1 fully saturated rings. The highest BCUT2D eigenvalue weighted by Crippen LogP contribution is 2.27. The molecule has 0 spiro atoms. The van der Waals surface area contributed by atoms with Gasteiger partial charge in [-0.05, 0) is 18.2 Å². The molecule has 1 aromatic carbocycles. The van der Waals surface area contributed by atoms with Crippen molar-refractivity contribution in [3.63, 3.8) is 0 Å². The summed E-state index contributed by atoms with van der Waals surface area (Å²) >= 11 is 6.14. The average molecular weight is 366 g/mol. The molecule has 8 nitrogen and oxygen atoms in total. The van der Waals surface area contributed by atoms with Gasteiger partial charge in [0, 0.05) is 18.1 Å². The number of ether oxygens (including phenoxy) is 2. The maximum atomic E-state index is 11.3. The molecule has 134 valence electrons. The van der Waals surface area contributed by atoms with Crippen LogP contribution in [-0.4, -0.2) is 59.0 Å². The Morgan fingerprint density at radius 3 is 2.84 bits per heavy atom. The zero-order chi connectivity index (χ0) is 17.8. The predicted molar refractivity (Wildman–Crippen MR) is 91.9 cm³/mol. The van der Waals surface area contributed by atoms with Gasteiger partial charge >= 0.3 is 0 Å². The monoisotopic (exact) mass is 365 g/mol. The lowest BCUT2D eigenvalue weighted by Crippen LogP contribution is -2.36. The van der Waals surface area contributed by atoms with E-state index in [1.54, 1.807) is 30.0 Å². The number of aromatic nitrogens is 3. The van der Waals surface area contributed by atoms with E-state index in [1.807, 2.05) is 0 Å². The Morgan fingerprint density at radius 2 is 2.16 bits per heavy atom. The molecule has 2 heterocycles. The number of carbonyl (C=O) groups is 1. The minimum atomic E-state index is -0.479. The molecule has 1 aliphatic rings. The SMILES string of the molecule is COc1ccc(Cl)cc1-n1nc(CC(N)=O)nc1CN1CCOCC1. The molecule has 25 heavy (non-hydrogen) atoms. The van der Waals surface area contributed by atoms with Crippen molar-refractivity contribution >= 4 is 17.5 Å². The van der Waals surface area contributed by atoms with E-state index in [1.165, 1.54) is 0 Å². The Hall–Kier alpha value is -2.16. The number of hydrogen-bond acceptors (Lipinski definition) is 6. The number of nitrogens with two attached hydrogens (primary N) is 1. The number of morpholine rings is 1. The van der Waals surface area contributed by atoms with Crippen LogP contribution < -0.4 is 10.5 Å². The number of carbonyl (C=O) groups excluding carboxylic acids is 1. The van der Waals surface area contributed by atoms with E-state index in [0.717, 1.165) is 13.1 Å². The third-order valence-electron chi connectivity index (χ3n) is 3.89. The number of methoxy groups -OCH3 is 1. The smallest absolute Gasteiger partial charge is 0.225 e. The number of amides is 1. The second kappa shape index (κ2) is 7.81. The van der Waals surface area contributed by atoms with Crippen LogP contribution in [0.1, 0.15) is 11.6 Å². The summed E-state index contributed by atoms with van der Waals surface area (Å²) < 4.78 is 12.5. The van der Waals surface area contributed by atoms with Gasteiger partial charge in [0.15, 0.2) is 5.82 Å². The zero-order valence-corrected chi connectivity index (χ0v) is 14.7. The van der Waals surface area contributed by atoms with Gasteiger partial charge in [-0.2, -0.15) is 5.10 Å². The third-order valence-corrected chi connectivity index (χ3v) is 4.12. The molecule has 1 aliphatic heterocycles. The highest BCUT2D eigenvalue weighted by molar-refractivity contribution is 6.30. The van der Waals surface area contributed by atoms with Crippen molar-refractivity contribution < 1.29 is 14.3 Å².